The van der Waals surface area contributed by atoms with E-state index < -0.39 is 34.3 Å². The smallest absolute Gasteiger partial charge is 0.322 e. The van der Waals surface area contributed by atoms with Gasteiger partial charge in [-0.15, -0.1) is 0 Å². The quantitative estimate of drug-likeness (QED) is 0.493. The zero-order chi connectivity index (χ0) is 13.9. The van der Waals surface area contributed by atoms with Crippen LogP contribution in [0.15, 0.2) is 12.1 Å². The highest BCUT2D eigenvalue weighted by atomic mass is 19.1. The number of nitrogens with zero attached hydrogens (tertiary/aromatic N) is 1. The van der Waals surface area contributed by atoms with Crippen molar-refractivity contribution < 1.29 is 23.2 Å². The Morgan fingerprint density at radius 2 is 2.11 bits per heavy atom. The van der Waals surface area contributed by atoms with E-state index in [1.807, 2.05) is 0 Å². The van der Waals surface area contributed by atoms with Gasteiger partial charge in [-0.25, -0.2) is 4.39 Å². The average molecular weight is 260 g/mol. The minimum atomic E-state index is -1.19. The largest absolute Gasteiger partial charge is 0.468 e. The normalized spacial score (nSPS) is 12.0. The Morgan fingerprint density at radius 1 is 1.50 bits per heavy atom. The van der Waals surface area contributed by atoms with E-state index in [4.69, 9.17) is 5.73 Å². The van der Waals surface area contributed by atoms with Crippen LogP contribution in [0.3, 0.4) is 0 Å². The molecule has 0 fully saturated rings. The lowest BCUT2D eigenvalue weighted by molar-refractivity contribution is -0.387. The number of benzene rings is 1. The van der Waals surface area contributed by atoms with Gasteiger partial charge in [0.15, 0.2) is 0 Å². The van der Waals surface area contributed by atoms with Gasteiger partial charge >= 0.3 is 11.7 Å². The van der Waals surface area contributed by atoms with Crippen LogP contribution in [0.1, 0.15) is 5.56 Å². The Kier molecular flexibility index (Phi) is 4.27. The van der Waals surface area contributed by atoms with E-state index in [9.17, 15) is 23.7 Å². The first kappa shape index (κ1) is 14.0. The molecule has 0 heterocycles. The molecule has 0 saturated heterocycles. The summed E-state index contributed by atoms with van der Waals surface area (Å²) >= 11 is 0. The SMILES string of the molecule is COC(=O)[C@H](N)Cc1cc(F)c([N+](=O)[O-])cc1F. The molecule has 1 atom stereocenters. The number of nitro benzene ring substituents is 1. The zero-order valence-electron chi connectivity index (χ0n) is 9.35. The summed E-state index contributed by atoms with van der Waals surface area (Å²) in [6, 6.07) is -0.0596. The van der Waals surface area contributed by atoms with Crippen LogP contribution < -0.4 is 5.73 Å². The number of hydrogen-bond acceptors (Lipinski definition) is 5. The van der Waals surface area contributed by atoms with E-state index >= 15 is 0 Å². The van der Waals surface area contributed by atoms with E-state index in [2.05, 4.69) is 4.74 Å². The molecule has 0 amide bonds. The lowest BCUT2D eigenvalue weighted by atomic mass is 10.1. The van der Waals surface area contributed by atoms with E-state index in [1.165, 1.54) is 0 Å². The second kappa shape index (κ2) is 5.50. The molecule has 0 aromatic heterocycles. The van der Waals surface area contributed by atoms with Gasteiger partial charge in [0.25, 0.3) is 0 Å². The van der Waals surface area contributed by atoms with Crippen LogP contribution in [0.4, 0.5) is 14.5 Å². The van der Waals surface area contributed by atoms with Crippen LogP contribution in [0.25, 0.3) is 0 Å². The molecule has 8 heteroatoms. The summed E-state index contributed by atoms with van der Waals surface area (Å²) in [5, 5.41) is 10.4. The summed E-state index contributed by atoms with van der Waals surface area (Å²) in [7, 11) is 1.11. The summed E-state index contributed by atoms with van der Waals surface area (Å²) in [5.74, 6) is -2.97. The van der Waals surface area contributed by atoms with Gasteiger partial charge in [-0.05, 0) is 11.6 Å². The van der Waals surface area contributed by atoms with Crippen molar-refractivity contribution >= 4 is 11.7 Å². The highest BCUT2D eigenvalue weighted by Gasteiger charge is 2.22. The van der Waals surface area contributed by atoms with Gasteiger partial charge in [0.2, 0.25) is 5.82 Å². The predicted molar refractivity (Wildman–Crippen MR) is 56.7 cm³/mol. The second-order valence-corrected chi connectivity index (χ2v) is 3.49. The molecule has 0 radical (unpaired) electrons. The number of carbonyl (C=O) groups is 1. The van der Waals surface area contributed by atoms with Gasteiger partial charge in [0.05, 0.1) is 18.1 Å². The van der Waals surface area contributed by atoms with Crippen LogP contribution in [-0.2, 0) is 16.0 Å². The maximum atomic E-state index is 13.4. The van der Waals surface area contributed by atoms with Crippen molar-refractivity contribution in [3.05, 3.63) is 39.4 Å². The molecule has 1 aromatic carbocycles. The van der Waals surface area contributed by atoms with E-state index in [0.717, 1.165) is 7.11 Å². The summed E-state index contributed by atoms with van der Waals surface area (Å²) < 4.78 is 31.0. The summed E-state index contributed by atoms with van der Waals surface area (Å²) in [6.07, 6.45) is -0.312. The fourth-order valence-electron chi connectivity index (χ4n) is 1.35. The van der Waals surface area contributed by atoms with E-state index in [-0.39, 0.29) is 12.0 Å². The molecule has 0 unspecified atom stereocenters. The molecule has 1 aromatic rings. The van der Waals surface area contributed by atoms with Crippen molar-refractivity contribution in [2.24, 2.45) is 5.73 Å². The van der Waals surface area contributed by atoms with Crippen molar-refractivity contribution in [2.45, 2.75) is 12.5 Å². The molecule has 0 aliphatic rings. The van der Waals surface area contributed by atoms with Gasteiger partial charge in [-0.2, -0.15) is 4.39 Å². The summed E-state index contributed by atoms with van der Waals surface area (Å²) in [6.45, 7) is 0. The number of carbonyl (C=O) groups excluding carboxylic acids is 1. The third-order valence-electron chi connectivity index (χ3n) is 2.26. The van der Waals surface area contributed by atoms with Crippen molar-refractivity contribution in [3.63, 3.8) is 0 Å². The Balaban J connectivity index is 3.02. The van der Waals surface area contributed by atoms with Gasteiger partial charge in [0.1, 0.15) is 11.9 Å². The van der Waals surface area contributed by atoms with E-state index in [0.29, 0.717) is 12.1 Å². The highest BCUT2D eigenvalue weighted by Crippen LogP contribution is 2.22. The first-order chi connectivity index (χ1) is 8.36. The Morgan fingerprint density at radius 3 is 2.61 bits per heavy atom. The van der Waals surface area contributed by atoms with Crippen LogP contribution in [0, 0.1) is 21.7 Å². The number of nitrogens with two attached hydrogens (primary N) is 1. The predicted octanol–water partition coefficient (Wildman–Crippen LogP) is 0.916. The number of ether oxygens (including phenoxy) is 1. The fraction of sp³-hybridized carbons (Fsp3) is 0.300. The van der Waals surface area contributed by atoms with E-state index in [1.54, 1.807) is 0 Å². The van der Waals surface area contributed by atoms with Gasteiger partial charge in [-0.1, -0.05) is 0 Å². The molecular formula is C10H10F2N2O4. The number of halogens is 2. The highest BCUT2D eigenvalue weighted by molar-refractivity contribution is 5.75. The molecule has 0 spiro atoms. The van der Waals surface area contributed by atoms with Crippen LogP contribution in [-0.4, -0.2) is 24.0 Å². The van der Waals surface area contributed by atoms with Gasteiger partial charge in [0, 0.05) is 6.42 Å². The molecule has 0 aliphatic carbocycles. The molecule has 0 aliphatic heterocycles. The van der Waals surface area contributed by atoms with Crippen molar-refractivity contribution in [1.29, 1.82) is 0 Å². The average Bonchev–Trinajstić information content (AvgIpc) is 2.31. The Labute approximate surface area is 100 Å². The second-order valence-electron chi connectivity index (χ2n) is 3.49. The minimum Gasteiger partial charge on any atom is -0.468 e. The first-order valence-corrected chi connectivity index (χ1v) is 4.82. The number of esters is 1. The fourth-order valence-corrected chi connectivity index (χ4v) is 1.35. The maximum absolute atomic E-state index is 13.4. The topological polar surface area (TPSA) is 95.5 Å². The van der Waals surface area contributed by atoms with Crippen molar-refractivity contribution in [2.75, 3.05) is 7.11 Å². The van der Waals surface area contributed by atoms with Gasteiger partial charge < -0.3 is 10.5 Å². The molecular weight excluding hydrogens is 250 g/mol. The van der Waals surface area contributed by atoms with Crippen molar-refractivity contribution in [1.82, 2.24) is 0 Å². The number of methoxy groups -OCH3 is 1. The minimum absolute atomic E-state index is 0.226. The summed E-state index contributed by atoms with van der Waals surface area (Å²) in [4.78, 5) is 20.3. The Bertz CT molecular complexity index is 493. The maximum Gasteiger partial charge on any atom is 0.322 e. The lowest BCUT2D eigenvalue weighted by Crippen LogP contribution is -2.34. The molecule has 2 N–H and O–H groups in total. The number of nitro groups is 1. The Hall–Kier alpha value is -2.09. The van der Waals surface area contributed by atoms with Crippen LogP contribution >= 0.6 is 0 Å². The molecule has 0 saturated carbocycles. The zero-order valence-corrected chi connectivity index (χ0v) is 9.35. The molecule has 98 valence electrons. The lowest BCUT2D eigenvalue weighted by Gasteiger charge is -2.09. The number of rotatable bonds is 4. The molecule has 18 heavy (non-hydrogen) atoms. The standard InChI is InChI=1S/C10H10F2N2O4/c1-18-10(15)8(13)3-5-2-7(12)9(14(16)17)4-6(5)11/h2,4,8H,3,13H2,1H3/t8-/m1/s1. The van der Waals surface area contributed by atoms with Crippen LogP contribution in [0.5, 0.6) is 0 Å². The molecule has 6 nitrogen and oxygen atoms in total. The third kappa shape index (κ3) is 2.98. The monoisotopic (exact) mass is 260 g/mol. The first-order valence-electron chi connectivity index (χ1n) is 4.82. The van der Waals surface area contributed by atoms with Crippen LogP contribution in [0.2, 0.25) is 0 Å². The number of hydrogen-bond donors (Lipinski definition) is 1. The van der Waals surface area contributed by atoms with Crippen molar-refractivity contribution in [3.8, 4) is 0 Å². The van der Waals surface area contributed by atoms with Gasteiger partial charge in [-0.3, -0.25) is 14.9 Å². The molecule has 0 bridgehead atoms. The third-order valence-corrected chi connectivity index (χ3v) is 2.26. The summed E-state index contributed by atoms with van der Waals surface area (Å²) in [5.41, 5.74) is 4.18. The molecule has 1 rings (SSSR count).